The third-order valence-electron chi connectivity index (χ3n) is 4.71. The Kier molecular flexibility index (Phi) is 5.96. The van der Waals surface area contributed by atoms with Crippen molar-refractivity contribution in [3.63, 3.8) is 0 Å². The third kappa shape index (κ3) is 4.42. The maximum absolute atomic E-state index is 14.4. The van der Waals surface area contributed by atoms with E-state index in [0.29, 0.717) is 48.7 Å². The van der Waals surface area contributed by atoms with Crippen molar-refractivity contribution in [1.82, 2.24) is 14.8 Å². The van der Waals surface area contributed by atoms with Crippen molar-refractivity contribution >= 4 is 40.7 Å². The SMILES string of the molecule is NC(=O)c1ccc(Cl)c(-c2cnc(Cc3c(F)cccc3Cl)c(-n3cc(Cl)cn3)c2)c1. The fraction of sp³-hybridized carbons (Fsp3) is 0.0455. The molecule has 0 saturated heterocycles. The quantitative estimate of drug-likeness (QED) is 0.401. The average molecular weight is 476 g/mol. The molecule has 0 fully saturated rings. The van der Waals surface area contributed by atoms with Crippen LogP contribution in [0.1, 0.15) is 21.6 Å². The molecule has 0 unspecified atom stereocenters. The standard InChI is InChI=1S/C22H14Cl3FN4O/c23-14-10-29-30(11-14)21-7-13(15-6-12(22(27)31)4-5-18(15)25)9-28-20(21)8-16-17(24)2-1-3-19(16)26/h1-7,9-11H,8H2,(H2,27,31). The van der Waals surface area contributed by atoms with E-state index in [2.05, 4.69) is 10.1 Å². The number of hydrogen-bond acceptors (Lipinski definition) is 3. The van der Waals surface area contributed by atoms with Crippen LogP contribution in [-0.4, -0.2) is 20.7 Å². The summed E-state index contributed by atoms with van der Waals surface area (Å²) in [4.78, 5) is 16.1. The lowest BCUT2D eigenvalue weighted by Crippen LogP contribution is -2.11. The number of primary amides is 1. The van der Waals surface area contributed by atoms with Crippen LogP contribution in [0.25, 0.3) is 16.8 Å². The van der Waals surface area contributed by atoms with Gasteiger partial charge in [0.1, 0.15) is 5.82 Å². The van der Waals surface area contributed by atoms with E-state index in [9.17, 15) is 9.18 Å². The fourth-order valence-corrected chi connectivity index (χ4v) is 3.76. The number of pyridine rings is 1. The number of nitrogens with zero attached hydrogens (tertiary/aromatic N) is 3. The van der Waals surface area contributed by atoms with Gasteiger partial charge in [0, 0.05) is 51.1 Å². The van der Waals surface area contributed by atoms with Crippen molar-refractivity contribution in [2.45, 2.75) is 6.42 Å². The van der Waals surface area contributed by atoms with Crippen LogP contribution in [0, 0.1) is 5.82 Å². The largest absolute Gasteiger partial charge is 0.366 e. The summed E-state index contributed by atoms with van der Waals surface area (Å²) >= 11 is 18.6. The maximum Gasteiger partial charge on any atom is 0.248 e. The van der Waals surface area contributed by atoms with Gasteiger partial charge in [-0.2, -0.15) is 5.10 Å². The highest BCUT2D eigenvalue weighted by molar-refractivity contribution is 6.33. The smallest absolute Gasteiger partial charge is 0.248 e. The van der Waals surface area contributed by atoms with E-state index in [1.165, 1.54) is 16.9 Å². The lowest BCUT2D eigenvalue weighted by atomic mass is 10.0. The van der Waals surface area contributed by atoms with E-state index in [0.717, 1.165) is 0 Å². The molecule has 31 heavy (non-hydrogen) atoms. The number of halogens is 4. The number of amides is 1. The molecule has 1 amide bonds. The van der Waals surface area contributed by atoms with Gasteiger partial charge >= 0.3 is 0 Å². The molecule has 9 heteroatoms. The summed E-state index contributed by atoms with van der Waals surface area (Å²) < 4.78 is 15.9. The molecule has 2 heterocycles. The molecule has 0 aliphatic carbocycles. The second kappa shape index (κ2) is 8.67. The first-order valence-electron chi connectivity index (χ1n) is 9.05. The molecule has 0 aliphatic rings. The Balaban J connectivity index is 1.87. The van der Waals surface area contributed by atoms with Gasteiger partial charge in [-0.3, -0.25) is 9.78 Å². The molecule has 0 atom stereocenters. The second-order valence-electron chi connectivity index (χ2n) is 6.73. The summed E-state index contributed by atoms with van der Waals surface area (Å²) in [5.74, 6) is -1.00. The molecule has 0 radical (unpaired) electrons. The maximum atomic E-state index is 14.4. The van der Waals surface area contributed by atoms with E-state index in [1.807, 2.05) is 0 Å². The van der Waals surface area contributed by atoms with Crippen molar-refractivity contribution in [3.05, 3.63) is 98.8 Å². The Hall–Kier alpha value is -2.93. The minimum absolute atomic E-state index is 0.133. The van der Waals surface area contributed by atoms with Gasteiger partial charge in [0.15, 0.2) is 0 Å². The summed E-state index contributed by atoms with van der Waals surface area (Å²) in [5, 5.41) is 5.39. The topological polar surface area (TPSA) is 73.8 Å². The lowest BCUT2D eigenvalue weighted by molar-refractivity contribution is 0.100. The van der Waals surface area contributed by atoms with E-state index >= 15 is 0 Å². The molecule has 4 aromatic rings. The number of aromatic nitrogens is 3. The zero-order chi connectivity index (χ0) is 22.1. The molecule has 156 valence electrons. The average Bonchev–Trinajstić information content (AvgIpc) is 3.17. The molecule has 0 bridgehead atoms. The third-order valence-corrected chi connectivity index (χ3v) is 5.59. The van der Waals surface area contributed by atoms with Crippen LogP contribution in [0.2, 0.25) is 15.1 Å². The van der Waals surface area contributed by atoms with Crippen LogP contribution in [-0.2, 0) is 6.42 Å². The van der Waals surface area contributed by atoms with Gasteiger partial charge in [-0.1, -0.05) is 40.9 Å². The van der Waals surface area contributed by atoms with E-state index in [4.69, 9.17) is 40.5 Å². The first kappa shape index (κ1) is 21.3. The zero-order valence-electron chi connectivity index (χ0n) is 15.8. The molecule has 0 aliphatic heterocycles. The Morgan fingerprint density at radius 3 is 2.55 bits per heavy atom. The van der Waals surface area contributed by atoms with E-state index in [1.54, 1.807) is 48.8 Å². The van der Waals surface area contributed by atoms with Crippen LogP contribution < -0.4 is 5.73 Å². The van der Waals surface area contributed by atoms with Crippen molar-refractivity contribution < 1.29 is 9.18 Å². The molecular weight excluding hydrogens is 462 g/mol. The zero-order valence-corrected chi connectivity index (χ0v) is 18.1. The van der Waals surface area contributed by atoms with Crippen LogP contribution in [0.4, 0.5) is 4.39 Å². The monoisotopic (exact) mass is 474 g/mol. The first-order valence-corrected chi connectivity index (χ1v) is 10.2. The van der Waals surface area contributed by atoms with Crippen molar-refractivity contribution in [3.8, 4) is 16.8 Å². The Morgan fingerprint density at radius 1 is 1.06 bits per heavy atom. The summed E-state index contributed by atoms with van der Waals surface area (Å²) in [6.07, 6.45) is 4.81. The molecular formula is C22H14Cl3FN4O. The van der Waals surface area contributed by atoms with Gasteiger partial charge < -0.3 is 5.73 Å². The Labute approximate surface area is 192 Å². The highest BCUT2D eigenvalue weighted by atomic mass is 35.5. The highest BCUT2D eigenvalue weighted by Gasteiger charge is 2.17. The number of nitrogens with two attached hydrogens (primary N) is 1. The van der Waals surface area contributed by atoms with Crippen LogP contribution >= 0.6 is 34.8 Å². The molecule has 2 aromatic carbocycles. The molecule has 0 saturated carbocycles. The van der Waals surface area contributed by atoms with Crippen LogP contribution in [0.15, 0.2) is 61.1 Å². The summed E-state index contributed by atoms with van der Waals surface area (Å²) in [6, 6.07) is 11.0. The van der Waals surface area contributed by atoms with Gasteiger partial charge in [0.25, 0.3) is 0 Å². The number of carbonyl (C=O) groups is 1. The molecule has 4 rings (SSSR count). The number of hydrogen-bond donors (Lipinski definition) is 1. The van der Waals surface area contributed by atoms with E-state index < -0.39 is 11.7 Å². The van der Waals surface area contributed by atoms with E-state index in [-0.39, 0.29) is 6.42 Å². The fourth-order valence-electron chi connectivity index (χ4n) is 3.16. The predicted octanol–water partition coefficient (Wildman–Crippen LogP) is 5.72. The minimum Gasteiger partial charge on any atom is -0.366 e. The van der Waals surface area contributed by atoms with Crippen molar-refractivity contribution in [2.24, 2.45) is 5.73 Å². The second-order valence-corrected chi connectivity index (χ2v) is 7.98. The van der Waals surface area contributed by atoms with Gasteiger partial charge in [0.05, 0.1) is 22.6 Å². The minimum atomic E-state index is -0.573. The molecule has 5 nitrogen and oxygen atoms in total. The number of carbonyl (C=O) groups excluding carboxylic acids is 1. The van der Waals surface area contributed by atoms with Crippen LogP contribution in [0.5, 0.6) is 0 Å². The van der Waals surface area contributed by atoms with Gasteiger partial charge in [0.2, 0.25) is 5.91 Å². The molecule has 2 aromatic heterocycles. The number of rotatable bonds is 5. The summed E-state index contributed by atoms with van der Waals surface area (Å²) in [7, 11) is 0. The normalized spacial score (nSPS) is 11.0. The Morgan fingerprint density at radius 2 is 1.87 bits per heavy atom. The predicted molar refractivity (Wildman–Crippen MR) is 120 cm³/mol. The first-order chi connectivity index (χ1) is 14.8. The van der Waals surface area contributed by atoms with Gasteiger partial charge in [-0.15, -0.1) is 0 Å². The van der Waals surface area contributed by atoms with Crippen LogP contribution in [0.3, 0.4) is 0 Å². The van der Waals surface area contributed by atoms with Crippen molar-refractivity contribution in [2.75, 3.05) is 0 Å². The summed E-state index contributed by atoms with van der Waals surface area (Å²) in [6.45, 7) is 0. The highest BCUT2D eigenvalue weighted by Crippen LogP contribution is 2.32. The van der Waals surface area contributed by atoms with Crippen molar-refractivity contribution in [1.29, 1.82) is 0 Å². The van der Waals surface area contributed by atoms with Gasteiger partial charge in [-0.25, -0.2) is 9.07 Å². The number of benzene rings is 2. The summed E-state index contributed by atoms with van der Waals surface area (Å²) in [5.41, 5.74) is 8.30. The lowest BCUT2D eigenvalue weighted by Gasteiger charge is -2.14. The molecule has 2 N–H and O–H groups in total. The van der Waals surface area contributed by atoms with Gasteiger partial charge in [-0.05, 0) is 36.4 Å². The Bertz CT molecular complexity index is 1290. The molecule has 0 spiro atoms.